The molecule has 9 nitrogen and oxygen atoms in total. The first kappa shape index (κ1) is 21.8. The summed E-state index contributed by atoms with van der Waals surface area (Å²) >= 11 is 5.78. The van der Waals surface area contributed by atoms with Crippen LogP contribution in [0.5, 0.6) is 0 Å². The molecule has 0 aliphatic rings. The van der Waals surface area contributed by atoms with Crippen LogP contribution in [0.25, 0.3) is 11.3 Å². The fourth-order valence-electron chi connectivity index (χ4n) is 2.55. The highest BCUT2D eigenvalue weighted by Gasteiger charge is 2.33. The van der Waals surface area contributed by atoms with E-state index in [4.69, 9.17) is 16.0 Å². The average molecular weight is 455 g/mol. The molecule has 0 amide bonds. The monoisotopic (exact) mass is 454 g/mol. The van der Waals surface area contributed by atoms with Gasteiger partial charge in [0.1, 0.15) is 17.2 Å². The Labute approximate surface area is 176 Å². The van der Waals surface area contributed by atoms with Crippen molar-refractivity contribution in [1.29, 1.82) is 0 Å². The van der Waals surface area contributed by atoms with Gasteiger partial charge in [0.25, 0.3) is 11.4 Å². The second-order valence-corrected chi connectivity index (χ2v) is 6.41. The first-order chi connectivity index (χ1) is 14.6. The number of nitrogens with one attached hydrogen (secondary N) is 1. The summed E-state index contributed by atoms with van der Waals surface area (Å²) in [5.74, 6) is 0.270. The molecule has 13 heteroatoms. The highest BCUT2D eigenvalue weighted by molar-refractivity contribution is 6.30. The molecule has 3 rings (SSSR count). The Balaban J connectivity index is 1.82. The Kier molecular flexibility index (Phi) is 5.92. The van der Waals surface area contributed by atoms with Crippen LogP contribution in [0.3, 0.4) is 0 Å². The minimum atomic E-state index is -4.73. The standard InChI is InChI=1S/C18H10ClF3N4O5/c19-11-2-4-13(15(8-11)25(27)28)17-6-3-12(31-17)9-23-24-14-5-1-10(18(20,21)22)7-16(14)26(29)30/h1-9,24H/b23-9-. The summed E-state index contributed by atoms with van der Waals surface area (Å²) in [6.45, 7) is 0. The largest absolute Gasteiger partial charge is 0.455 e. The van der Waals surface area contributed by atoms with Crippen LogP contribution in [0.15, 0.2) is 58.0 Å². The third-order valence-electron chi connectivity index (χ3n) is 3.95. The number of hydrogen-bond acceptors (Lipinski definition) is 7. The third-order valence-corrected chi connectivity index (χ3v) is 4.18. The normalized spacial score (nSPS) is 11.6. The zero-order chi connectivity index (χ0) is 22.8. The van der Waals surface area contributed by atoms with Crippen molar-refractivity contribution in [3.8, 4) is 11.3 Å². The van der Waals surface area contributed by atoms with Crippen LogP contribution >= 0.6 is 11.6 Å². The summed E-state index contributed by atoms with van der Waals surface area (Å²) < 4.78 is 43.7. The second kappa shape index (κ2) is 8.44. The minimum absolute atomic E-state index is 0.126. The number of hydrazone groups is 1. The SMILES string of the molecule is O=[N+]([O-])c1cc(C(F)(F)F)ccc1N/N=C\c1ccc(-c2ccc(Cl)cc2[N+](=O)[O-])o1. The molecule has 0 unspecified atom stereocenters. The molecule has 31 heavy (non-hydrogen) atoms. The van der Waals surface area contributed by atoms with Crippen molar-refractivity contribution in [2.75, 3.05) is 5.43 Å². The van der Waals surface area contributed by atoms with Crippen molar-refractivity contribution in [1.82, 2.24) is 0 Å². The van der Waals surface area contributed by atoms with E-state index in [0.717, 1.165) is 12.3 Å². The van der Waals surface area contributed by atoms with E-state index in [1.165, 1.54) is 30.3 Å². The van der Waals surface area contributed by atoms with Gasteiger partial charge in [0, 0.05) is 17.2 Å². The van der Waals surface area contributed by atoms with Gasteiger partial charge >= 0.3 is 6.18 Å². The van der Waals surface area contributed by atoms with Gasteiger partial charge in [0.05, 0.1) is 27.2 Å². The Hall–Kier alpha value is -3.93. The lowest BCUT2D eigenvalue weighted by molar-refractivity contribution is -0.384. The van der Waals surface area contributed by atoms with Crippen molar-refractivity contribution in [2.45, 2.75) is 6.18 Å². The number of rotatable bonds is 6. The lowest BCUT2D eigenvalue weighted by Crippen LogP contribution is -2.06. The van der Waals surface area contributed by atoms with E-state index >= 15 is 0 Å². The lowest BCUT2D eigenvalue weighted by atomic mass is 10.1. The summed E-state index contributed by atoms with van der Waals surface area (Å²) in [5.41, 5.74) is -0.0818. The van der Waals surface area contributed by atoms with Crippen LogP contribution in [0.4, 0.5) is 30.2 Å². The van der Waals surface area contributed by atoms with Crippen molar-refractivity contribution in [2.24, 2.45) is 5.10 Å². The van der Waals surface area contributed by atoms with Crippen LogP contribution in [-0.4, -0.2) is 16.1 Å². The van der Waals surface area contributed by atoms with Crippen molar-refractivity contribution >= 4 is 34.9 Å². The first-order valence-corrected chi connectivity index (χ1v) is 8.63. The summed E-state index contributed by atoms with van der Waals surface area (Å²) in [5, 5.41) is 26.2. The van der Waals surface area contributed by atoms with E-state index in [-0.39, 0.29) is 33.5 Å². The fourth-order valence-corrected chi connectivity index (χ4v) is 2.72. The van der Waals surface area contributed by atoms with Crippen molar-refractivity contribution < 1.29 is 27.4 Å². The number of hydrogen-bond donors (Lipinski definition) is 1. The zero-order valence-corrected chi connectivity index (χ0v) is 15.8. The van der Waals surface area contributed by atoms with Gasteiger partial charge in [-0.3, -0.25) is 25.7 Å². The van der Waals surface area contributed by atoms with Crippen LogP contribution in [0.2, 0.25) is 5.02 Å². The third kappa shape index (κ3) is 4.98. The number of nitro groups is 2. The van der Waals surface area contributed by atoms with E-state index in [9.17, 15) is 33.4 Å². The maximum absolute atomic E-state index is 12.7. The summed E-state index contributed by atoms with van der Waals surface area (Å²) in [6.07, 6.45) is -3.63. The molecule has 0 saturated heterocycles. The molecule has 1 heterocycles. The molecule has 2 aromatic carbocycles. The highest BCUT2D eigenvalue weighted by Crippen LogP contribution is 2.35. The topological polar surface area (TPSA) is 124 Å². The van der Waals surface area contributed by atoms with E-state index in [1.807, 2.05) is 0 Å². The molecule has 0 saturated carbocycles. The van der Waals surface area contributed by atoms with Gasteiger partial charge in [-0.15, -0.1) is 0 Å². The highest BCUT2D eigenvalue weighted by atomic mass is 35.5. The molecular formula is C18H10ClF3N4O5. The van der Waals surface area contributed by atoms with Crippen LogP contribution < -0.4 is 5.43 Å². The number of alkyl halides is 3. The van der Waals surface area contributed by atoms with Crippen molar-refractivity contribution in [3.63, 3.8) is 0 Å². The Morgan fingerprint density at radius 1 is 1.00 bits per heavy atom. The van der Waals surface area contributed by atoms with Gasteiger partial charge in [-0.25, -0.2) is 0 Å². The Morgan fingerprint density at radius 2 is 1.71 bits per heavy atom. The molecule has 0 spiro atoms. The maximum Gasteiger partial charge on any atom is 0.416 e. The lowest BCUT2D eigenvalue weighted by Gasteiger charge is -2.08. The van der Waals surface area contributed by atoms with E-state index < -0.39 is 27.3 Å². The molecule has 1 N–H and O–H groups in total. The predicted octanol–water partition coefficient (Wildman–Crippen LogP) is 5.88. The van der Waals surface area contributed by atoms with Crippen LogP contribution in [-0.2, 0) is 6.18 Å². The Morgan fingerprint density at radius 3 is 2.35 bits per heavy atom. The van der Waals surface area contributed by atoms with Gasteiger partial charge in [0.15, 0.2) is 0 Å². The molecule has 3 aromatic rings. The quantitative estimate of drug-likeness (QED) is 0.281. The molecular weight excluding hydrogens is 445 g/mol. The van der Waals surface area contributed by atoms with E-state index in [1.54, 1.807) is 0 Å². The van der Waals surface area contributed by atoms with Gasteiger partial charge in [-0.05, 0) is 36.4 Å². The summed E-state index contributed by atoms with van der Waals surface area (Å²) in [4.78, 5) is 20.7. The molecule has 0 radical (unpaired) electrons. The molecule has 0 aliphatic carbocycles. The van der Waals surface area contributed by atoms with Crippen LogP contribution in [0, 0.1) is 20.2 Å². The van der Waals surface area contributed by atoms with Crippen LogP contribution in [0.1, 0.15) is 11.3 Å². The average Bonchev–Trinajstić information content (AvgIpc) is 3.15. The summed E-state index contributed by atoms with van der Waals surface area (Å²) in [6, 6.07) is 8.84. The number of nitrogens with zero attached hydrogens (tertiary/aromatic N) is 3. The molecule has 1 aromatic heterocycles. The van der Waals surface area contributed by atoms with E-state index in [0.29, 0.717) is 12.1 Å². The predicted molar refractivity (Wildman–Crippen MR) is 105 cm³/mol. The molecule has 0 bridgehead atoms. The number of anilines is 1. The van der Waals surface area contributed by atoms with Crippen molar-refractivity contribution in [3.05, 3.63) is 85.1 Å². The molecule has 0 atom stereocenters. The van der Waals surface area contributed by atoms with Gasteiger partial charge in [-0.1, -0.05) is 11.6 Å². The molecule has 0 fully saturated rings. The minimum Gasteiger partial charge on any atom is -0.455 e. The first-order valence-electron chi connectivity index (χ1n) is 8.25. The number of nitro benzene ring substituents is 2. The number of benzene rings is 2. The Bertz CT molecular complexity index is 1190. The molecule has 0 aliphatic heterocycles. The van der Waals surface area contributed by atoms with Gasteiger partial charge in [0.2, 0.25) is 0 Å². The second-order valence-electron chi connectivity index (χ2n) is 5.98. The summed E-state index contributed by atoms with van der Waals surface area (Å²) in [7, 11) is 0. The van der Waals surface area contributed by atoms with E-state index in [2.05, 4.69) is 10.5 Å². The zero-order valence-electron chi connectivity index (χ0n) is 15.1. The number of halogens is 4. The maximum atomic E-state index is 12.7. The fraction of sp³-hybridized carbons (Fsp3) is 0.0556. The number of furan rings is 1. The smallest absolute Gasteiger partial charge is 0.416 e. The molecule has 160 valence electrons. The van der Waals surface area contributed by atoms with Gasteiger partial charge < -0.3 is 4.42 Å². The van der Waals surface area contributed by atoms with Gasteiger partial charge in [-0.2, -0.15) is 18.3 Å².